The smallest absolute Gasteiger partial charge is 0.303 e. The lowest BCUT2D eigenvalue weighted by atomic mass is 9.73. The van der Waals surface area contributed by atoms with Crippen LogP contribution in [0.2, 0.25) is 0 Å². The van der Waals surface area contributed by atoms with E-state index in [1.54, 1.807) is 27.7 Å². The van der Waals surface area contributed by atoms with E-state index in [4.69, 9.17) is 27.2 Å². The lowest BCUT2D eigenvalue weighted by Crippen LogP contribution is -2.41. The molecular weight excluding hydrogens is 227 g/mol. The molecule has 0 bridgehead atoms. The van der Waals surface area contributed by atoms with Crippen molar-refractivity contribution in [1.82, 2.24) is 0 Å². The van der Waals surface area contributed by atoms with E-state index in [-0.39, 0.29) is 0 Å². The van der Waals surface area contributed by atoms with E-state index in [1.165, 1.54) is 0 Å². The molecule has 0 aliphatic carbocycles. The number of phosphoric ester groups is 1. The highest BCUT2D eigenvalue weighted by atomic mass is 31.2. The van der Waals surface area contributed by atoms with Gasteiger partial charge in [-0.05, 0) is 27.7 Å². The van der Waals surface area contributed by atoms with Gasteiger partial charge >= 0.3 is 7.82 Å². The number of hydrogen-bond acceptors (Lipinski definition) is 2. The third-order valence-corrected chi connectivity index (χ3v) is 2.78. The van der Waals surface area contributed by atoms with Gasteiger partial charge < -0.3 is 9.79 Å². The molecule has 0 saturated heterocycles. The van der Waals surface area contributed by atoms with Gasteiger partial charge in [-0.2, -0.15) is 0 Å². The highest BCUT2D eigenvalue weighted by Crippen LogP contribution is 2.47. The Morgan fingerprint density at radius 3 is 1.62 bits per heavy atom. The van der Waals surface area contributed by atoms with Crippen LogP contribution in [0.3, 0.4) is 0 Å². The van der Waals surface area contributed by atoms with Crippen molar-refractivity contribution >= 4 is 7.82 Å². The fourth-order valence-corrected chi connectivity index (χ4v) is 2.26. The van der Waals surface area contributed by atoms with Crippen LogP contribution in [0.25, 0.3) is 0 Å². The van der Waals surface area contributed by atoms with E-state index in [1.807, 2.05) is 0 Å². The second kappa shape index (κ2) is 4.62. The highest BCUT2D eigenvalue weighted by Gasteiger charge is 2.43. The van der Waals surface area contributed by atoms with Gasteiger partial charge in [0.15, 0.2) is 0 Å². The second-order valence-electron chi connectivity index (χ2n) is 4.71. The number of phosphoric acid groups is 1. The molecule has 0 aromatic carbocycles. The largest absolute Gasteiger partial charge is 0.469 e. The minimum atomic E-state index is -4.63. The third kappa shape index (κ3) is 4.00. The molecule has 0 atom stereocenters. The molecule has 0 aromatic heterocycles. The van der Waals surface area contributed by atoms with Gasteiger partial charge in [0, 0.05) is 0 Å². The molecule has 2 N–H and O–H groups in total. The number of hydrogen-bond donors (Lipinski definition) is 2. The van der Waals surface area contributed by atoms with E-state index >= 15 is 0 Å². The van der Waals surface area contributed by atoms with Crippen molar-refractivity contribution in [2.45, 2.75) is 33.8 Å². The van der Waals surface area contributed by atoms with Crippen LogP contribution in [0, 0.1) is 35.5 Å². The van der Waals surface area contributed by atoms with Crippen molar-refractivity contribution < 1.29 is 18.9 Å². The van der Waals surface area contributed by atoms with E-state index in [0.717, 1.165) is 0 Å². The summed E-state index contributed by atoms with van der Waals surface area (Å²) in [5.41, 5.74) is -1.76. The monoisotopic (exact) mass is 244 g/mol. The predicted octanol–water partition coefficient (Wildman–Crippen LogP) is 1.78. The maximum absolute atomic E-state index is 10.9. The van der Waals surface area contributed by atoms with E-state index in [9.17, 15) is 4.57 Å². The molecule has 90 valence electrons. The third-order valence-electron chi connectivity index (χ3n) is 2.30. The molecule has 0 aliphatic heterocycles. The zero-order valence-corrected chi connectivity index (χ0v) is 10.8. The first-order valence-electron chi connectivity index (χ1n) is 4.66. The summed E-state index contributed by atoms with van der Waals surface area (Å²) in [5.74, 6) is 4.88. The highest BCUT2D eigenvalue weighted by molar-refractivity contribution is 7.46. The van der Waals surface area contributed by atoms with Crippen LogP contribution < -0.4 is 0 Å². The van der Waals surface area contributed by atoms with Gasteiger partial charge in [-0.3, -0.25) is 4.52 Å². The van der Waals surface area contributed by atoms with Crippen LogP contribution in [0.5, 0.6) is 0 Å². The van der Waals surface area contributed by atoms with Crippen molar-refractivity contribution in [2.75, 3.05) is 0 Å². The molecule has 4 nitrogen and oxygen atoms in total. The van der Waals surface area contributed by atoms with Crippen LogP contribution in [0.4, 0.5) is 0 Å². The summed E-state index contributed by atoms with van der Waals surface area (Å²) in [6.07, 6.45) is 9.72. The van der Waals surface area contributed by atoms with Crippen LogP contribution in [-0.4, -0.2) is 15.9 Å². The van der Waals surface area contributed by atoms with Crippen molar-refractivity contribution in [3.05, 3.63) is 0 Å². The summed E-state index contributed by atoms with van der Waals surface area (Å²) in [5, 5.41) is 0. The van der Waals surface area contributed by atoms with Gasteiger partial charge in [-0.25, -0.2) is 4.57 Å². The van der Waals surface area contributed by atoms with Gasteiger partial charge in [0.2, 0.25) is 0 Å². The molecule has 0 unspecified atom stereocenters. The zero-order valence-electron chi connectivity index (χ0n) is 9.89. The summed E-state index contributed by atoms with van der Waals surface area (Å²) < 4.78 is 15.6. The van der Waals surface area contributed by atoms with Crippen molar-refractivity contribution in [3.8, 4) is 24.7 Å². The minimum Gasteiger partial charge on any atom is -0.303 e. The predicted molar refractivity (Wildman–Crippen MR) is 62.1 cm³/mol. The second-order valence-corrected chi connectivity index (χ2v) is 5.90. The molecule has 0 amide bonds. The van der Waals surface area contributed by atoms with Gasteiger partial charge in [0.25, 0.3) is 0 Å². The Bertz CT molecular complexity index is 352. The van der Waals surface area contributed by atoms with Crippen LogP contribution >= 0.6 is 7.82 Å². The molecule has 0 aliphatic rings. The quantitative estimate of drug-likeness (QED) is 0.584. The van der Waals surface area contributed by atoms with Crippen LogP contribution in [0.15, 0.2) is 0 Å². The van der Waals surface area contributed by atoms with Gasteiger partial charge in [-0.15, -0.1) is 12.8 Å². The van der Waals surface area contributed by atoms with Gasteiger partial charge in [0.05, 0.1) is 10.8 Å². The van der Waals surface area contributed by atoms with E-state index in [2.05, 4.69) is 11.8 Å². The fraction of sp³-hybridized carbons (Fsp3) is 0.636. The first-order valence-corrected chi connectivity index (χ1v) is 6.19. The molecule has 0 aromatic rings. The molecular formula is C11H17O4P. The molecule has 16 heavy (non-hydrogen) atoms. The average Bonchev–Trinajstić information content (AvgIpc) is 2.12. The summed E-state index contributed by atoms with van der Waals surface area (Å²) in [7, 11) is -4.63. The number of terminal acetylenes is 2. The van der Waals surface area contributed by atoms with Gasteiger partial charge in [0.1, 0.15) is 6.10 Å². The zero-order chi connectivity index (χ0) is 13.2. The van der Waals surface area contributed by atoms with Crippen LogP contribution in [-0.2, 0) is 9.09 Å². The summed E-state index contributed by atoms with van der Waals surface area (Å²) >= 11 is 0. The average molecular weight is 244 g/mol. The Morgan fingerprint density at radius 1 is 1.12 bits per heavy atom. The molecule has 0 radical (unpaired) electrons. The Labute approximate surface area is 96.6 Å². The maximum Gasteiger partial charge on any atom is 0.469 e. The van der Waals surface area contributed by atoms with E-state index < -0.39 is 24.8 Å². The van der Waals surface area contributed by atoms with Crippen molar-refractivity contribution in [3.63, 3.8) is 0 Å². The standard InChI is InChI=1S/C11H17O4P/c1-7-10(3,4)9(11(5,6)8-2)15-16(12,13)14/h1-2,9H,3-6H3,(H2,12,13,14). The fourth-order valence-electron chi connectivity index (χ4n) is 1.45. The first-order chi connectivity index (χ1) is 6.96. The van der Waals surface area contributed by atoms with Crippen LogP contribution in [0.1, 0.15) is 27.7 Å². The topological polar surface area (TPSA) is 66.8 Å². The molecule has 0 saturated carbocycles. The maximum atomic E-state index is 10.9. The lowest BCUT2D eigenvalue weighted by molar-refractivity contribution is 0.0126. The SMILES string of the molecule is C#CC(C)(C)C(OP(=O)(O)O)C(C)(C)C#C. The molecule has 5 heteroatoms. The Kier molecular flexibility index (Phi) is 4.39. The van der Waals surface area contributed by atoms with E-state index in [0.29, 0.717) is 0 Å². The van der Waals surface area contributed by atoms with Gasteiger partial charge in [-0.1, -0.05) is 11.8 Å². The summed E-state index contributed by atoms with van der Waals surface area (Å²) in [4.78, 5) is 17.7. The normalized spacial score (nSPS) is 13.3. The lowest BCUT2D eigenvalue weighted by Gasteiger charge is -2.38. The summed E-state index contributed by atoms with van der Waals surface area (Å²) in [6.45, 7) is 6.58. The summed E-state index contributed by atoms with van der Waals surface area (Å²) in [6, 6.07) is 0. The van der Waals surface area contributed by atoms with Crippen molar-refractivity contribution in [1.29, 1.82) is 0 Å². The molecule has 0 heterocycles. The molecule has 0 fully saturated rings. The molecule has 0 spiro atoms. The number of rotatable bonds is 4. The Morgan fingerprint density at radius 2 is 1.44 bits per heavy atom. The Balaban J connectivity index is 5.37. The molecule has 0 rings (SSSR count). The Hall–Kier alpha value is -0.770. The first kappa shape index (κ1) is 15.2. The van der Waals surface area contributed by atoms with Crippen molar-refractivity contribution in [2.24, 2.45) is 10.8 Å². The minimum absolute atomic E-state index is 0.878.